The van der Waals surface area contributed by atoms with Crippen LogP contribution >= 0.6 is 11.8 Å². The predicted molar refractivity (Wildman–Crippen MR) is 142 cm³/mol. The van der Waals surface area contributed by atoms with Gasteiger partial charge in [0.1, 0.15) is 5.82 Å². The molecule has 0 bridgehead atoms. The van der Waals surface area contributed by atoms with Crippen LogP contribution in [0.3, 0.4) is 0 Å². The van der Waals surface area contributed by atoms with Gasteiger partial charge in [0.05, 0.1) is 18.7 Å². The number of carbonyl (C=O) groups is 3. The van der Waals surface area contributed by atoms with Crippen LogP contribution in [0.1, 0.15) is 52.2 Å². The number of hydrogen-bond donors (Lipinski definition) is 1. The predicted octanol–water partition coefficient (Wildman–Crippen LogP) is 5.37. The Hall–Kier alpha value is -3.91. The lowest BCUT2D eigenvalue weighted by Crippen LogP contribution is -2.28. The van der Waals surface area contributed by atoms with Gasteiger partial charge in [-0.1, -0.05) is 54.6 Å². The van der Waals surface area contributed by atoms with Gasteiger partial charge in [0.15, 0.2) is 0 Å². The quantitative estimate of drug-likeness (QED) is 0.392. The molecule has 0 aliphatic heterocycles. The van der Waals surface area contributed by atoms with Gasteiger partial charge in [-0.2, -0.15) is 0 Å². The summed E-state index contributed by atoms with van der Waals surface area (Å²) < 4.78 is 5.46. The van der Waals surface area contributed by atoms with Crippen molar-refractivity contribution in [3.63, 3.8) is 0 Å². The van der Waals surface area contributed by atoms with E-state index in [2.05, 4.69) is 4.98 Å². The zero-order valence-corrected chi connectivity index (χ0v) is 21.4. The molecule has 3 aromatic rings. The average Bonchev–Trinajstić information content (AvgIpc) is 2.88. The molecule has 3 rings (SSSR count). The van der Waals surface area contributed by atoms with Crippen molar-refractivity contribution in [1.82, 2.24) is 9.88 Å². The Kier molecular flexibility index (Phi) is 9.41. The van der Waals surface area contributed by atoms with Crippen LogP contribution in [0.4, 0.5) is 5.82 Å². The molecule has 8 heteroatoms. The van der Waals surface area contributed by atoms with Crippen molar-refractivity contribution in [1.29, 1.82) is 0 Å². The minimum Gasteiger partial charge on any atom is -0.462 e. The number of nitrogens with zero attached hydrogens (tertiary/aromatic N) is 2. The van der Waals surface area contributed by atoms with Gasteiger partial charge in [-0.05, 0) is 43.8 Å². The van der Waals surface area contributed by atoms with Crippen LogP contribution in [0.25, 0.3) is 0 Å². The summed E-state index contributed by atoms with van der Waals surface area (Å²) in [6.45, 7) is 5.33. The first-order valence-electron chi connectivity index (χ1n) is 11.5. The maximum absolute atomic E-state index is 13.0. The molecule has 1 amide bonds. The van der Waals surface area contributed by atoms with Crippen molar-refractivity contribution in [3.05, 3.63) is 106 Å². The fourth-order valence-electron chi connectivity index (χ4n) is 3.47. The molecule has 0 aliphatic rings. The number of ether oxygens (including phenoxy) is 1. The fourth-order valence-corrected chi connectivity index (χ4v) is 4.39. The second kappa shape index (κ2) is 12.7. The van der Waals surface area contributed by atoms with E-state index in [4.69, 9.17) is 10.5 Å². The standard InChI is InChI=1S/C28H29N3O4S/c1-19-14-15-24(26(29)30-19)18-31(21(3)32)20(2)25(36-28(34)23-12-8-5-9-13-23)16-17-35-27(33)22-10-6-4-7-11-22/h4-15H,16-18H2,1-3H3,(H2,29,30). The largest absolute Gasteiger partial charge is 0.462 e. The summed E-state index contributed by atoms with van der Waals surface area (Å²) >= 11 is 1.02. The van der Waals surface area contributed by atoms with Crippen molar-refractivity contribution < 1.29 is 19.1 Å². The van der Waals surface area contributed by atoms with E-state index in [-0.39, 0.29) is 30.6 Å². The highest BCUT2D eigenvalue weighted by Crippen LogP contribution is 2.30. The Bertz CT molecular complexity index is 1260. The lowest BCUT2D eigenvalue weighted by atomic mass is 10.2. The molecule has 2 N–H and O–H groups in total. The van der Waals surface area contributed by atoms with Crippen molar-refractivity contribution in [3.8, 4) is 0 Å². The monoisotopic (exact) mass is 503 g/mol. The van der Waals surface area contributed by atoms with Crippen molar-refractivity contribution >= 4 is 34.6 Å². The Morgan fingerprint density at radius 2 is 1.53 bits per heavy atom. The minimum atomic E-state index is -0.450. The molecule has 36 heavy (non-hydrogen) atoms. The summed E-state index contributed by atoms with van der Waals surface area (Å²) in [7, 11) is 0. The van der Waals surface area contributed by atoms with Gasteiger partial charge >= 0.3 is 5.97 Å². The Morgan fingerprint density at radius 3 is 2.11 bits per heavy atom. The number of pyridine rings is 1. The summed E-state index contributed by atoms with van der Waals surface area (Å²) in [6.07, 6.45) is 0.263. The number of allylic oxidation sites excluding steroid dienone is 1. The normalized spacial score (nSPS) is 11.4. The van der Waals surface area contributed by atoms with E-state index >= 15 is 0 Å². The maximum Gasteiger partial charge on any atom is 0.338 e. The Morgan fingerprint density at radius 1 is 0.917 bits per heavy atom. The van der Waals surface area contributed by atoms with Crippen LogP contribution in [0, 0.1) is 6.92 Å². The van der Waals surface area contributed by atoms with Gasteiger partial charge in [-0.3, -0.25) is 9.59 Å². The number of nitrogens with two attached hydrogens (primary N) is 1. The Balaban J connectivity index is 1.86. The number of aryl methyl sites for hydroxylation is 1. The number of benzene rings is 2. The molecule has 0 radical (unpaired) electrons. The highest BCUT2D eigenvalue weighted by molar-refractivity contribution is 8.17. The van der Waals surface area contributed by atoms with E-state index < -0.39 is 5.97 Å². The average molecular weight is 504 g/mol. The van der Waals surface area contributed by atoms with E-state index in [1.165, 1.54) is 6.92 Å². The van der Waals surface area contributed by atoms with Crippen LogP contribution in [-0.2, 0) is 16.1 Å². The Labute approximate surface area is 215 Å². The number of hydrogen-bond acceptors (Lipinski definition) is 7. The molecule has 2 aromatic carbocycles. The van der Waals surface area contributed by atoms with E-state index in [0.717, 1.165) is 17.5 Å². The van der Waals surface area contributed by atoms with Gasteiger partial charge in [0, 0.05) is 40.8 Å². The highest BCUT2D eigenvalue weighted by Gasteiger charge is 2.21. The smallest absolute Gasteiger partial charge is 0.338 e. The molecule has 0 spiro atoms. The summed E-state index contributed by atoms with van der Waals surface area (Å²) in [5, 5.41) is -0.167. The van der Waals surface area contributed by atoms with Crippen molar-refractivity contribution in [2.45, 2.75) is 33.7 Å². The van der Waals surface area contributed by atoms with Gasteiger partial charge < -0.3 is 15.4 Å². The zero-order chi connectivity index (χ0) is 26.1. The van der Waals surface area contributed by atoms with Crippen LogP contribution < -0.4 is 5.73 Å². The van der Waals surface area contributed by atoms with Crippen molar-refractivity contribution in [2.24, 2.45) is 0 Å². The maximum atomic E-state index is 13.0. The van der Waals surface area contributed by atoms with E-state index in [1.54, 1.807) is 60.4 Å². The van der Waals surface area contributed by atoms with E-state index in [9.17, 15) is 14.4 Å². The third-order valence-electron chi connectivity index (χ3n) is 5.47. The topological polar surface area (TPSA) is 103 Å². The molecule has 0 aliphatic carbocycles. The first-order chi connectivity index (χ1) is 17.3. The molecule has 0 saturated carbocycles. The molecule has 0 unspecified atom stereocenters. The lowest BCUT2D eigenvalue weighted by molar-refractivity contribution is -0.127. The number of rotatable bonds is 9. The summed E-state index contributed by atoms with van der Waals surface area (Å²) in [4.78, 5) is 44.5. The number of amides is 1. The second-order valence-electron chi connectivity index (χ2n) is 8.12. The molecule has 1 heterocycles. The molecule has 0 saturated heterocycles. The molecular formula is C28H29N3O4S. The SMILES string of the molecule is CC(=O)N(Cc1ccc(C)nc1N)C(C)=C(CCOC(=O)c1ccccc1)SC(=O)c1ccccc1. The molecule has 1 aromatic heterocycles. The van der Waals surface area contributed by atoms with Gasteiger partial charge in [0.2, 0.25) is 11.0 Å². The van der Waals surface area contributed by atoms with Crippen molar-refractivity contribution in [2.75, 3.05) is 12.3 Å². The summed E-state index contributed by atoms with van der Waals surface area (Å²) in [5.41, 5.74) is 9.14. The highest BCUT2D eigenvalue weighted by atomic mass is 32.2. The molecular weight excluding hydrogens is 474 g/mol. The van der Waals surface area contributed by atoms with E-state index in [0.29, 0.717) is 33.1 Å². The lowest BCUT2D eigenvalue weighted by Gasteiger charge is -2.25. The molecule has 186 valence electrons. The van der Waals surface area contributed by atoms with E-state index in [1.807, 2.05) is 31.2 Å². The second-order valence-corrected chi connectivity index (χ2v) is 9.19. The first-order valence-corrected chi connectivity index (χ1v) is 12.3. The van der Waals surface area contributed by atoms with Gasteiger partial charge in [-0.15, -0.1) is 0 Å². The third-order valence-corrected chi connectivity index (χ3v) is 6.63. The number of carbonyl (C=O) groups excluding carboxylic acids is 3. The molecule has 7 nitrogen and oxygen atoms in total. The molecule has 0 atom stereocenters. The minimum absolute atomic E-state index is 0.0510. The number of esters is 1. The number of thioether (sulfide) groups is 1. The summed E-state index contributed by atoms with van der Waals surface area (Å²) in [6, 6.07) is 21.3. The summed E-state index contributed by atoms with van der Waals surface area (Å²) in [5.74, 6) is -0.312. The fraction of sp³-hybridized carbons (Fsp3) is 0.214. The molecule has 0 fully saturated rings. The van der Waals surface area contributed by atoms with Crippen LogP contribution in [0.5, 0.6) is 0 Å². The number of nitrogen functional groups attached to an aromatic ring is 1. The third kappa shape index (κ3) is 7.29. The van der Waals surface area contributed by atoms with Gasteiger partial charge in [0.25, 0.3) is 0 Å². The van der Waals surface area contributed by atoms with Crippen LogP contribution in [-0.4, -0.2) is 33.5 Å². The number of anilines is 1. The van der Waals surface area contributed by atoms with Gasteiger partial charge in [-0.25, -0.2) is 9.78 Å². The zero-order valence-electron chi connectivity index (χ0n) is 20.6. The van der Waals surface area contributed by atoms with Crippen LogP contribution in [0.15, 0.2) is 83.4 Å². The number of aromatic nitrogens is 1. The first kappa shape index (κ1) is 26.7. The van der Waals surface area contributed by atoms with Crippen LogP contribution in [0.2, 0.25) is 0 Å².